The molecule has 0 aromatic heterocycles. The van der Waals surface area contributed by atoms with Gasteiger partial charge in [-0.2, -0.15) is 0 Å². The molecule has 1 rings (SSSR count). The van der Waals surface area contributed by atoms with E-state index in [0.29, 0.717) is 6.54 Å². The van der Waals surface area contributed by atoms with Crippen LogP contribution in [0.2, 0.25) is 0 Å². The minimum Gasteiger partial charge on any atom is -0.481 e. The molecule has 0 aliphatic rings. The number of hydrogen-bond donors (Lipinski definition) is 1. The molecule has 0 spiro atoms. The first-order valence-electron chi connectivity index (χ1n) is 6.28. The smallest absolute Gasteiger partial charge is 0.308 e. The summed E-state index contributed by atoms with van der Waals surface area (Å²) in [5.41, 5.74) is 0.747. The molecule has 0 fully saturated rings. The molecule has 1 N–H and O–H groups in total. The Kier molecular flexibility index (Phi) is 5.62. The maximum absolute atomic E-state index is 13.2. The quantitative estimate of drug-likeness (QED) is 0.811. The highest BCUT2D eigenvalue weighted by molar-refractivity contribution is 5.70. The van der Waals surface area contributed by atoms with E-state index in [9.17, 15) is 9.18 Å². The third-order valence-electron chi connectivity index (χ3n) is 2.87. The Labute approximate surface area is 107 Å². The van der Waals surface area contributed by atoms with Crippen LogP contribution in [0.4, 0.5) is 10.1 Å². The normalized spacial score (nSPS) is 12.2. The van der Waals surface area contributed by atoms with Crippen LogP contribution in [0.1, 0.15) is 26.7 Å². The molecule has 3 nitrogen and oxygen atoms in total. The predicted molar refractivity (Wildman–Crippen MR) is 70.3 cm³/mol. The summed E-state index contributed by atoms with van der Waals surface area (Å²) in [6.07, 6.45) is 1.98. The topological polar surface area (TPSA) is 40.5 Å². The number of benzene rings is 1. The van der Waals surface area contributed by atoms with Crippen LogP contribution in [0.5, 0.6) is 0 Å². The lowest BCUT2D eigenvalue weighted by Gasteiger charge is -2.26. The zero-order valence-electron chi connectivity index (χ0n) is 10.9. The summed E-state index contributed by atoms with van der Waals surface area (Å²) in [5, 5.41) is 8.96. The maximum atomic E-state index is 13.2. The van der Waals surface area contributed by atoms with Gasteiger partial charge in [-0.25, -0.2) is 4.39 Å². The van der Waals surface area contributed by atoms with Gasteiger partial charge in [0, 0.05) is 18.8 Å². The summed E-state index contributed by atoms with van der Waals surface area (Å²) >= 11 is 0. The van der Waals surface area contributed by atoms with Crippen LogP contribution >= 0.6 is 0 Å². The predicted octanol–water partition coefficient (Wildman–Crippen LogP) is 3.15. The maximum Gasteiger partial charge on any atom is 0.308 e. The molecule has 0 heterocycles. The molecule has 0 radical (unpaired) electrons. The summed E-state index contributed by atoms with van der Waals surface area (Å²) in [4.78, 5) is 12.8. The van der Waals surface area contributed by atoms with Crippen LogP contribution in [-0.2, 0) is 4.79 Å². The molecule has 0 saturated carbocycles. The number of halogens is 1. The van der Waals surface area contributed by atoms with Crippen LogP contribution in [0.15, 0.2) is 24.3 Å². The van der Waals surface area contributed by atoms with E-state index < -0.39 is 11.9 Å². The van der Waals surface area contributed by atoms with Gasteiger partial charge in [0.05, 0.1) is 5.92 Å². The highest BCUT2D eigenvalue weighted by Crippen LogP contribution is 2.18. The number of aliphatic carboxylic acids is 1. The fourth-order valence-corrected chi connectivity index (χ4v) is 1.76. The molecule has 1 aromatic rings. The van der Waals surface area contributed by atoms with E-state index >= 15 is 0 Å². The number of carboxylic acids is 1. The lowest BCUT2D eigenvalue weighted by atomic mass is 10.1. The lowest BCUT2D eigenvalue weighted by Crippen LogP contribution is -2.32. The van der Waals surface area contributed by atoms with Crippen LogP contribution in [-0.4, -0.2) is 24.2 Å². The minimum atomic E-state index is -0.826. The van der Waals surface area contributed by atoms with Gasteiger partial charge in [0.25, 0.3) is 0 Å². The van der Waals surface area contributed by atoms with Crippen LogP contribution in [0.25, 0.3) is 0 Å². The first-order chi connectivity index (χ1) is 8.54. The van der Waals surface area contributed by atoms with Crippen molar-refractivity contribution in [1.29, 1.82) is 0 Å². The average molecular weight is 253 g/mol. The molecule has 18 heavy (non-hydrogen) atoms. The first-order valence-corrected chi connectivity index (χ1v) is 6.28. The van der Waals surface area contributed by atoms with E-state index in [2.05, 4.69) is 6.92 Å². The van der Waals surface area contributed by atoms with Gasteiger partial charge in [0.1, 0.15) is 5.82 Å². The van der Waals surface area contributed by atoms with Gasteiger partial charge in [0.15, 0.2) is 0 Å². The standard InChI is InChI=1S/C14H20FNO2/c1-3-4-8-16(10-11(2)14(17)18)13-7-5-6-12(15)9-13/h5-7,9,11H,3-4,8,10H2,1-2H3,(H,17,18). The summed E-state index contributed by atoms with van der Waals surface area (Å²) in [5.74, 6) is -1.59. The molecule has 0 bridgehead atoms. The van der Waals surface area contributed by atoms with E-state index in [1.807, 2.05) is 11.0 Å². The molecule has 0 amide bonds. The van der Waals surface area contributed by atoms with Crippen molar-refractivity contribution < 1.29 is 14.3 Å². The molecule has 0 saturated heterocycles. The van der Waals surface area contributed by atoms with E-state index in [-0.39, 0.29) is 5.82 Å². The summed E-state index contributed by atoms with van der Waals surface area (Å²) < 4.78 is 13.2. The van der Waals surface area contributed by atoms with Gasteiger partial charge in [-0.15, -0.1) is 0 Å². The van der Waals surface area contributed by atoms with Gasteiger partial charge in [0.2, 0.25) is 0 Å². The molecule has 1 aromatic carbocycles. The third kappa shape index (κ3) is 4.35. The number of unbranched alkanes of at least 4 members (excludes halogenated alkanes) is 1. The fraction of sp³-hybridized carbons (Fsp3) is 0.500. The highest BCUT2D eigenvalue weighted by Gasteiger charge is 2.16. The third-order valence-corrected chi connectivity index (χ3v) is 2.87. The average Bonchev–Trinajstić information content (AvgIpc) is 2.34. The second-order valence-electron chi connectivity index (χ2n) is 4.52. The van der Waals surface area contributed by atoms with Crippen molar-refractivity contribution in [3.05, 3.63) is 30.1 Å². The summed E-state index contributed by atoms with van der Waals surface area (Å²) in [6.45, 7) is 4.89. The number of nitrogens with zero attached hydrogens (tertiary/aromatic N) is 1. The van der Waals surface area contributed by atoms with Crippen molar-refractivity contribution in [3.63, 3.8) is 0 Å². The van der Waals surface area contributed by atoms with E-state index in [0.717, 1.165) is 25.1 Å². The number of rotatable bonds is 7. The molecule has 1 atom stereocenters. The van der Waals surface area contributed by atoms with Gasteiger partial charge in [-0.05, 0) is 24.6 Å². The lowest BCUT2D eigenvalue weighted by molar-refractivity contribution is -0.140. The van der Waals surface area contributed by atoms with E-state index in [1.54, 1.807) is 13.0 Å². The van der Waals surface area contributed by atoms with Gasteiger partial charge >= 0.3 is 5.97 Å². The summed E-state index contributed by atoms with van der Waals surface area (Å²) in [7, 11) is 0. The van der Waals surface area contributed by atoms with Crippen molar-refractivity contribution in [2.45, 2.75) is 26.7 Å². The number of carbonyl (C=O) groups is 1. The highest BCUT2D eigenvalue weighted by atomic mass is 19.1. The Bertz CT molecular complexity index is 395. The molecular weight excluding hydrogens is 233 g/mol. The Morgan fingerprint density at radius 3 is 2.78 bits per heavy atom. The zero-order chi connectivity index (χ0) is 13.5. The molecule has 0 aliphatic carbocycles. The second-order valence-corrected chi connectivity index (χ2v) is 4.52. The van der Waals surface area contributed by atoms with Gasteiger partial charge < -0.3 is 10.0 Å². The van der Waals surface area contributed by atoms with Crippen molar-refractivity contribution in [3.8, 4) is 0 Å². The van der Waals surface area contributed by atoms with Crippen LogP contribution < -0.4 is 4.90 Å². The molecule has 4 heteroatoms. The molecule has 1 unspecified atom stereocenters. The van der Waals surface area contributed by atoms with Crippen molar-refractivity contribution in [1.82, 2.24) is 0 Å². The van der Waals surface area contributed by atoms with Crippen molar-refractivity contribution in [2.24, 2.45) is 5.92 Å². The Balaban J connectivity index is 2.80. The van der Waals surface area contributed by atoms with Gasteiger partial charge in [-0.3, -0.25) is 4.79 Å². The number of carboxylic acid groups (broad SMARTS) is 1. The molecule has 100 valence electrons. The Hall–Kier alpha value is -1.58. The Morgan fingerprint density at radius 2 is 2.22 bits per heavy atom. The minimum absolute atomic E-state index is 0.294. The first kappa shape index (κ1) is 14.5. The monoisotopic (exact) mass is 253 g/mol. The zero-order valence-corrected chi connectivity index (χ0v) is 10.9. The molecule has 0 aliphatic heterocycles. The number of hydrogen-bond acceptors (Lipinski definition) is 2. The second kappa shape index (κ2) is 6.99. The number of anilines is 1. The SMILES string of the molecule is CCCCN(CC(C)C(=O)O)c1cccc(F)c1. The molecular formula is C14H20FNO2. The summed E-state index contributed by atoms with van der Waals surface area (Å²) in [6, 6.07) is 6.30. The van der Waals surface area contributed by atoms with Crippen LogP contribution in [0, 0.1) is 11.7 Å². The Morgan fingerprint density at radius 1 is 1.50 bits per heavy atom. The van der Waals surface area contributed by atoms with Crippen molar-refractivity contribution in [2.75, 3.05) is 18.0 Å². The van der Waals surface area contributed by atoms with Crippen LogP contribution in [0.3, 0.4) is 0 Å². The van der Waals surface area contributed by atoms with E-state index in [4.69, 9.17) is 5.11 Å². The van der Waals surface area contributed by atoms with Gasteiger partial charge in [-0.1, -0.05) is 26.3 Å². The van der Waals surface area contributed by atoms with Crippen molar-refractivity contribution >= 4 is 11.7 Å². The largest absolute Gasteiger partial charge is 0.481 e. The van der Waals surface area contributed by atoms with E-state index in [1.165, 1.54) is 12.1 Å². The fourth-order valence-electron chi connectivity index (χ4n) is 1.76.